The highest BCUT2D eigenvalue weighted by Gasteiger charge is 2.17. The van der Waals surface area contributed by atoms with Gasteiger partial charge in [-0.1, -0.05) is 24.3 Å². The maximum atomic E-state index is 13.5. The third-order valence-electron chi connectivity index (χ3n) is 4.70. The second-order valence-corrected chi connectivity index (χ2v) is 6.62. The predicted octanol–water partition coefficient (Wildman–Crippen LogP) is 3.60. The SMILES string of the molecule is Fc1cccc(Cn2c(OC[C@H]3CCCNC3)nc3ccccc32)c1. The van der Waals surface area contributed by atoms with E-state index in [2.05, 4.69) is 10.3 Å². The molecular weight excluding hydrogens is 317 g/mol. The maximum absolute atomic E-state index is 13.5. The van der Waals surface area contributed by atoms with E-state index in [1.165, 1.54) is 18.9 Å². The Morgan fingerprint density at radius 3 is 2.96 bits per heavy atom. The van der Waals surface area contributed by atoms with Crippen LogP contribution in [0.25, 0.3) is 11.0 Å². The molecule has 1 aromatic heterocycles. The molecule has 0 spiro atoms. The van der Waals surface area contributed by atoms with Gasteiger partial charge in [0.1, 0.15) is 5.82 Å². The highest BCUT2D eigenvalue weighted by atomic mass is 19.1. The van der Waals surface area contributed by atoms with Gasteiger partial charge in [0.2, 0.25) is 0 Å². The minimum Gasteiger partial charge on any atom is -0.464 e. The van der Waals surface area contributed by atoms with Crippen molar-refractivity contribution in [3.63, 3.8) is 0 Å². The fourth-order valence-electron chi connectivity index (χ4n) is 3.39. The Bertz CT molecular complexity index is 855. The standard InChI is InChI=1S/C20H22FN3O/c21-17-7-3-5-15(11-17)13-24-19-9-2-1-8-18(19)23-20(24)25-14-16-6-4-10-22-12-16/h1-3,5,7-9,11,16,22H,4,6,10,12-14H2/t16-/m0/s1. The first kappa shape index (κ1) is 16.1. The fraction of sp³-hybridized carbons (Fsp3) is 0.350. The summed E-state index contributed by atoms with van der Waals surface area (Å²) in [7, 11) is 0. The van der Waals surface area contributed by atoms with Gasteiger partial charge in [-0.15, -0.1) is 0 Å². The first-order chi connectivity index (χ1) is 12.3. The number of halogens is 1. The van der Waals surface area contributed by atoms with Gasteiger partial charge < -0.3 is 10.1 Å². The summed E-state index contributed by atoms with van der Waals surface area (Å²) in [4.78, 5) is 4.64. The summed E-state index contributed by atoms with van der Waals surface area (Å²) in [6.07, 6.45) is 2.37. The number of nitrogens with zero attached hydrogens (tertiary/aromatic N) is 2. The van der Waals surface area contributed by atoms with Crippen molar-refractivity contribution < 1.29 is 9.13 Å². The molecule has 4 rings (SSSR count). The van der Waals surface area contributed by atoms with Gasteiger partial charge in [0.15, 0.2) is 0 Å². The normalized spacial score (nSPS) is 17.7. The number of rotatable bonds is 5. The molecule has 2 heterocycles. The molecule has 0 radical (unpaired) electrons. The van der Waals surface area contributed by atoms with Crippen LogP contribution in [0.3, 0.4) is 0 Å². The van der Waals surface area contributed by atoms with E-state index in [9.17, 15) is 4.39 Å². The van der Waals surface area contributed by atoms with Crippen LogP contribution in [0.4, 0.5) is 4.39 Å². The van der Waals surface area contributed by atoms with Crippen LogP contribution in [0, 0.1) is 11.7 Å². The number of para-hydroxylation sites is 2. The molecule has 2 aromatic carbocycles. The van der Waals surface area contributed by atoms with Crippen molar-refractivity contribution >= 4 is 11.0 Å². The minimum atomic E-state index is -0.224. The van der Waals surface area contributed by atoms with Crippen LogP contribution >= 0.6 is 0 Å². The zero-order valence-electron chi connectivity index (χ0n) is 14.1. The number of ether oxygens (including phenoxy) is 1. The van der Waals surface area contributed by atoms with Crippen LogP contribution in [0.2, 0.25) is 0 Å². The average Bonchev–Trinajstić information content (AvgIpc) is 2.99. The van der Waals surface area contributed by atoms with E-state index in [-0.39, 0.29) is 5.82 Å². The van der Waals surface area contributed by atoms with Gasteiger partial charge in [-0.05, 0) is 49.2 Å². The molecule has 130 valence electrons. The summed E-state index contributed by atoms with van der Waals surface area (Å²) in [5.74, 6) is 0.286. The zero-order valence-corrected chi connectivity index (χ0v) is 14.1. The van der Waals surface area contributed by atoms with Crippen LogP contribution in [0.5, 0.6) is 6.01 Å². The molecule has 25 heavy (non-hydrogen) atoms. The van der Waals surface area contributed by atoms with E-state index in [1.54, 1.807) is 12.1 Å². The van der Waals surface area contributed by atoms with Crippen molar-refractivity contribution in [1.82, 2.24) is 14.9 Å². The van der Waals surface area contributed by atoms with Crippen molar-refractivity contribution in [2.24, 2.45) is 5.92 Å². The van der Waals surface area contributed by atoms with Gasteiger partial charge in [0.05, 0.1) is 24.2 Å². The van der Waals surface area contributed by atoms with Crippen LogP contribution in [0.15, 0.2) is 48.5 Å². The monoisotopic (exact) mass is 339 g/mol. The maximum Gasteiger partial charge on any atom is 0.297 e. The van der Waals surface area contributed by atoms with Crippen molar-refractivity contribution in [3.05, 3.63) is 59.9 Å². The zero-order chi connectivity index (χ0) is 17.1. The van der Waals surface area contributed by atoms with Gasteiger partial charge >= 0.3 is 0 Å². The van der Waals surface area contributed by atoms with Gasteiger partial charge in [-0.3, -0.25) is 4.57 Å². The van der Waals surface area contributed by atoms with E-state index < -0.39 is 0 Å². The summed E-state index contributed by atoms with van der Waals surface area (Å²) < 4.78 is 21.6. The van der Waals surface area contributed by atoms with Gasteiger partial charge in [0.25, 0.3) is 6.01 Å². The van der Waals surface area contributed by atoms with Crippen LogP contribution in [0.1, 0.15) is 18.4 Å². The highest BCUT2D eigenvalue weighted by molar-refractivity contribution is 5.76. The lowest BCUT2D eigenvalue weighted by Gasteiger charge is -2.22. The lowest BCUT2D eigenvalue weighted by molar-refractivity contribution is 0.200. The molecule has 1 aliphatic rings. The predicted molar refractivity (Wildman–Crippen MR) is 96.3 cm³/mol. The summed E-state index contributed by atoms with van der Waals surface area (Å²) in [6.45, 7) is 3.27. The lowest BCUT2D eigenvalue weighted by atomic mass is 10.0. The molecule has 0 amide bonds. The highest BCUT2D eigenvalue weighted by Crippen LogP contribution is 2.24. The molecule has 0 unspecified atom stereocenters. The molecule has 1 aliphatic heterocycles. The average molecular weight is 339 g/mol. The number of piperidine rings is 1. The number of benzene rings is 2. The Morgan fingerprint density at radius 1 is 1.20 bits per heavy atom. The van der Waals surface area contributed by atoms with Crippen LogP contribution in [-0.4, -0.2) is 29.2 Å². The molecule has 0 aliphatic carbocycles. The molecular formula is C20H22FN3O. The Morgan fingerprint density at radius 2 is 2.12 bits per heavy atom. The van der Waals surface area contributed by atoms with Gasteiger partial charge in [0, 0.05) is 12.5 Å². The first-order valence-corrected chi connectivity index (χ1v) is 8.83. The van der Waals surface area contributed by atoms with E-state index in [0.29, 0.717) is 25.1 Å². The van der Waals surface area contributed by atoms with E-state index in [4.69, 9.17) is 4.74 Å². The van der Waals surface area contributed by atoms with Crippen molar-refractivity contribution in [1.29, 1.82) is 0 Å². The Labute approximate surface area is 146 Å². The molecule has 1 N–H and O–H groups in total. The quantitative estimate of drug-likeness (QED) is 0.772. The summed E-state index contributed by atoms with van der Waals surface area (Å²) in [5, 5.41) is 3.41. The van der Waals surface area contributed by atoms with Gasteiger partial charge in [-0.25, -0.2) is 4.39 Å². The lowest BCUT2D eigenvalue weighted by Crippen LogP contribution is -2.33. The second kappa shape index (κ2) is 7.23. The topological polar surface area (TPSA) is 39.1 Å². The third-order valence-corrected chi connectivity index (χ3v) is 4.70. The van der Waals surface area contributed by atoms with Crippen molar-refractivity contribution in [2.75, 3.05) is 19.7 Å². The molecule has 3 aromatic rings. The Kier molecular flexibility index (Phi) is 4.65. The molecule has 1 saturated heterocycles. The summed E-state index contributed by atoms with van der Waals surface area (Å²) >= 11 is 0. The summed E-state index contributed by atoms with van der Waals surface area (Å²) in [5.41, 5.74) is 2.80. The number of aromatic nitrogens is 2. The molecule has 4 nitrogen and oxygen atoms in total. The van der Waals surface area contributed by atoms with Gasteiger partial charge in [-0.2, -0.15) is 4.98 Å². The van der Waals surface area contributed by atoms with Crippen LogP contribution in [-0.2, 0) is 6.54 Å². The molecule has 0 bridgehead atoms. The van der Waals surface area contributed by atoms with E-state index in [0.717, 1.165) is 29.7 Å². The Hall–Kier alpha value is -2.40. The Balaban J connectivity index is 1.61. The minimum absolute atomic E-state index is 0.224. The number of hydrogen-bond donors (Lipinski definition) is 1. The molecule has 5 heteroatoms. The number of nitrogens with one attached hydrogen (secondary N) is 1. The van der Waals surface area contributed by atoms with Crippen LogP contribution < -0.4 is 10.1 Å². The number of hydrogen-bond acceptors (Lipinski definition) is 3. The summed E-state index contributed by atoms with van der Waals surface area (Å²) in [6, 6.07) is 15.2. The van der Waals surface area contributed by atoms with Crippen molar-refractivity contribution in [3.8, 4) is 6.01 Å². The smallest absolute Gasteiger partial charge is 0.297 e. The van der Waals surface area contributed by atoms with E-state index in [1.807, 2.05) is 34.9 Å². The number of imidazole rings is 1. The fourth-order valence-corrected chi connectivity index (χ4v) is 3.39. The first-order valence-electron chi connectivity index (χ1n) is 8.83. The number of fused-ring (bicyclic) bond motifs is 1. The molecule has 0 saturated carbocycles. The second-order valence-electron chi connectivity index (χ2n) is 6.62. The molecule has 1 atom stereocenters. The third kappa shape index (κ3) is 3.66. The molecule has 1 fully saturated rings. The van der Waals surface area contributed by atoms with Crippen molar-refractivity contribution in [2.45, 2.75) is 19.4 Å². The largest absolute Gasteiger partial charge is 0.464 e. The van der Waals surface area contributed by atoms with E-state index >= 15 is 0 Å².